The first-order valence-corrected chi connectivity index (χ1v) is 15.1. The van der Waals surface area contributed by atoms with Gasteiger partial charge in [0.2, 0.25) is 11.8 Å². The van der Waals surface area contributed by atoms with Crippen LogP contribution in [0.25, 0.3) is 0 Å². The van der Waals surface area contributed by atoms with E-state index in [-0.39, 0.29) is 23.7 Å². The maximum Gasteiger partial charge on any atom is 0.236 e. The van der Waals surface area contributed by atoms with E-state index in [4.69, 9.17) is 4.74 Å². The van der Waals surface area contributed by atoms with Gasteiger partial charge in [-0.1, -0.05) is 30.4 Å². The second kappa shape index (κ2) is 13.8. The molecule has 1 N–H and O–H groups in total. The van der Waals surface area contributed by atoms with Gasteiger partial charge in [0.05, 0.1) is 6.54 Å². The molecule has 3 fully saturated rings. The predicted octanol–water partition coefficient (Wildman–Crippen LogP) is 2.60. The monoisotopic (exact) mass is 537 g/mol. The summed E-state index contributed by atoms with van der Waals surface area (Å²) < 4.78 is 6.23. The second-order valence-corrected chi connectivity index (χ2v) is 11.9. The van der Waals surface area contributed by atoms with Crippen molar-refractivity contribution >= 4 is 11.8 Å². The molecule has 0 aromatic heterocycles. The molecular weight excluding hydrogens is 490 g/mol. The summed E-state index contributed by atoms with van der Waals surface area (Å²) in [6, 6.07) is 8.63. The zero-order valence-corrected chi connectivity index (χ0v) is 23.7. The number of likely N-dealkylation sites (tertiary alicyclic amines) is 2. The van der Waals surface area contributed by atoms with Gasteiger partial charge in [-0.05, 0) is 83.2 Å². The number of para-hydroxylation sites is 1. The van der Waals surface area contributed by atoms with E-state index in [1.807, 2.05) is 17.0 Å². The fourth-order valence-corrected chi connectivity index (χ4v) is 6.71. The van der Waals surface area contributed by atoms with E-state index in [0.717, 1.165) is 82.9 Å². The Hall–Kier alpha value is -2.42. The number of hydrogen-bond donors (Lipinski definition) is 1. The van der Waals surface area contributed by atoms with Crippen LogP contribution >= 0.6 is 0 Å². The SMILES string of the molecule is CN1CCC(N2CC(=O)N3CC[C@@H](CC(=O)NCCN4CCCC4)[C@@H](C=CCOc4ccccc4C2)C3)CC1. The van der Waals surface area contributed by atoms with Crippen molar-refractivity contribution in [3.8, 4) is 5.75 Å². The lowest BCUT2D eigenvalue weighted by atomic mass is 9.82. The van der Waals surface area contributed by atoms with E-state index in [1.54, 1.807) is 0 Å². The number of carbonyl (C=O) groups is 2. The van der Waals surface area contributed by atoms with E-state index >= 15 is 0 Å². The fourth-order valence-electron chi connectivity index (χ4n) is 6.71. The molecule has 4 aliphatic heterocycles. The number of hydrogen-bond acceptors (Lipinski definition) is 6. The number of nitrogens with zero attached hydrogens (tertiary/aromatic N) is 4. The van der Waals surface area contributed by atoms with Gasteiger partial charge >= 0.3 is 0 Å². The van der Waals surface area contributed by atoms with Crippen LogP contribution in [0, 0.1) is 11.8 Å². The molecule has 2 bridgehead atoms. The van der Waals surface area contributed by atoms with Crippen LogP contribution in [-0.4, -0.2) is 110 Å². The molecular formula is C31H47N5O3. The van der Waals surface area contributed by atoms with Gasteiger partial charge in [-0.2, -0.15) is 0 Å². The summed E-state index contributed by atoms with van der Waals surface area (Å²) in [5.74, 6) is 1.62. The van der Waals surface area contributed by atoms with Gasteiger partial charge in [-0.3, -0.25) is 14.5 Å². The summed E-state index contributed by atoms with van der Waals surface area (Å²) in [5, 5.41) is 3.15. The van der Waals surface area contributed by atoms with Crippen LogP contribution in [0.3, 0.4) is 0 Å². The summed E-state index contributed by atoms with van der Waals surface area (Å²) >= 11 is 0. The van der Waals surface area contributed by atoms with Crippen molar-refractivity contribution < 1.29 is 14.3 Å². The molecule has 1 aromatic carbocycles. The number of nitrogens with one attached hydrogen (secondary N) is 1. The van der Waals surface area contributed by atoms with Gasteiger partial charge in [0.15, 0.2) is 0 Å². The second-order valence-electron chi connectivity index (χ2n) is 11.9. The molecule has 2 atom stereocenters. The molecule has 3 saturated heterocycles. The molecule has 0 unspecified atom stereocenters. The molecule has 39 heavy (non-hydrogen) atoms. The summed E-state index contributed by atoms with van der Waals surface area (Å²) in [5.41, 5.74) is 1.14. The number of benzene rings is 1. The molecule has 0 spiro atoms. The Bertz CT molecular complexity index is 986. The van der Waals surface area contributed by atoms with E-state index in [9.17, 15) is 9.59 Å². The van der Waals surface area contributed by atoms with Crippen LogP contribution in [-0.2, 0) is 16.1 Å². The van der Waals surface area contributed by atoms with Crippen molar-refractivity contribution in [3.05, 3.63) is 42.0 Å². The number of rotatable bonds is 6. The lowest BCUT2D eigenvalue weighted by molar-refractivity contribution is -0.136. The summed E-state index contributed by atoms with van der Waals surface area (Å²) in [6.07, 6.45) is 10.3. The lowest BCUT2D eigenvalue weighted by Gasteiger charge is -2.40. The molecule has 0 saturated carbocycles. The summed E-state index contributed by atoms with van der Waals surface area (Å²) in [4.78, 5) is 35.8. The van der Waals surface area contributed by atoms with Gasteiger partial charge < -0.3 is 24.8 Å². The average molecular weight is 538 g/mol. The Morgan fingerprint density at radius 2 is 1.82 bits per heavy atom. The molecule has 1 aromatic rings. The standard InChI is InChI=1S/C31H47N5O3/c1-33-16-11-28(12-17-33)36-23-27-7-2-3-9-29(27)39-20-6-8-26-22-35(31(38)24-36)18-10-25(26)21-30(37)32-13-19-34-14-4-5-15-34/h2-3,6-9,25-26,28H,4-5,10-24H2,1H3,(H,32,37)/t25-,26-/m0/s1. The molecule has 4 aliphatic rings. The van der Waals surface area contributed by atoms with Crippen LogP contribution in [0.4, 0.5) is 0 Å². The molecule has 214 valence electrons. The van der Waals surface area contributed by atoms with E-state index in [2.05, 4.69) is 51.3 Å². The van der Waals surface area contributed by atoms with Crippen LogP contribution in [0.1, 0.15) is 44.1 Å². The maximum atomic E-state index is 13.7. The van der Waals surface area contributed by atoms with Crippen molar-refractivity contribution in [1.82, 2.24) is 24.9 Å². The lowest BCUT2D eigenvalue weighted by Crippen LogP contribution is -2.51. The predicted molar refractivity (Wildman–Crippen MR) is 153 cm³/mol. The van der Waals surface area contributed by atoms with Gasteiger partial charge in [0, 0.05) is 50.7 Å². The van der Waals surface area contributed by atoms with Gasteiger partial charge in [0.1, 0.15) is 12.4 Å². The molecule has 0 aliphatic carbocycles. The number of amides is 2. The van der Waals surface area contributed by atoms with Crippen LogP contribution in [0.5, 0.6) is 5.75 Å². The van der Waals surface area contributed by atoms with E-state index < -0.39 is 0 Å². The van der Waals surface area contributed by atoms with Crippen LogP contribution in [0.15, 0.2) is 36.4 Å². The molecule has 5 rings (SSSR count). The van der Waals surface area contributed by atoms with Crippen molar-refractivity contribution in [2.75, 3.05) is 72.6 Å². The highest BCUT2D eigenvalue weighted by Crippen LogP contribution is 2.30. The Morgan fingerprint density at radius 3 is 2.64 bits per heavy atom. The number of carbonyl (C=O) groups excluding carboxylic acids is 2. The van der Waals surface area contributed by atoms with Crippen LogP contribution < -0.4 is 10.1 Å². The zero-order valence-electron chi connectivity index (χ0n) is 23.7. The Balaban J connectivity index is 1.26. The zero-order chi connectivity index (χ0) is 27.0. The van der Waals surface area contributed by atoms with Crippen molar-refractivity contribution in [3.63, 3.8) is 0 Å². The molecule has 8 nitrogen and oxygen atoms in total. The third-order valence-corrected chi connectivity index (χ3v) is 9.16. The minimum atomic E-state index is 0.133. The number of fused-ring (bicyclic) bond motifs is 3. The van der Waals surface area contributed by atoms with E-state index in [0.29, 0.717) is 32.2 Å². The highest BCUT2D eigenvalue weighted by Gasteiger charge is 2.33. The molecule has 0 radical (unpaired) electrons. The van der Waals surface area contributed by atoms with Crippen molar-refractivity contribution in [2.45, 2.75) is 51.1 Å². The maximum absolute atomic E-state index is 13.7. The van der Waals surface area contributed by atoms with Crippen molar-refractivity contribution in [1.29, 1.82) is 0 Å². The first-order valence-electron chi connectivity index (χ1n) is 15.1. The normalized spacial score (nSPS) is 26.3. The number of ether oxygens (including phenoxy) is 1. The highest BCUT2D eigenvalue weighted by molar-refractivity contribution is 5.79. The van der Waals surface area contributed by atoms with Crippen LogP contribution in [0.2, 0.25) is 0 Å². The smallest absolute Gasteiger partial charge is 0.236 e. The first kappa shape index (κ1) is 28.1. The van der Waals surface area contributed by atoms with Crippen molar-refractivity contribution in [2.24, 2.45) is 11.8 Å². The largest absolute Gasteiger partial charge is 0.489 e. The number of piperidine rings is 2. The third kappa shape index (κ3) is 7.83. The van der Waals surface area contributed by atoms with Gasteiger partial charge in [-0.25, -0.2) is 0 Å². The van der Waals surface area contributed by atoms with Gasteiger partial charge in [0.25, 0.3) is 0 Å². The van der Waals surface area contributed by atoms with E-state index in [1.165, 1.54) is 12.8 Å². The highest BCUT2D eigenvalue weighted by atomic mass is 16.5. The Morgan fingerprint density at radius 1 is 1.03 bits per heavy atom. The summed E-state index contributed by atoms with van der Waals surface area (Å²) in [6.45, 7) is 9.12. The molecule has 8 heteroatoms. The Kier molecular flexibility index (Phi) is 9.93. The van der Waals surface area contributed by atoms with Gasteiger partial charge in [-0.15, -0.1) is 0 Å². The summed E-state index contributed by atoms with van der Waals surface area (Å²) in [7, 11) is 2.18. The quantitative estimate of drug-likeness (QED) is 0.563. The first-order chi connectivity index (χ1) is 19.0. The third-order valence-electron chi connectivity index (χ3n) is 9.16. The fraction of sp³-hybridized carbons (Fsp3) is 0.677. The topological polar surface area (TPSA) is 68.4 Å². The minimum absolute atomic E-state index is 0.133. The molecule has 4 heterocycles. The molecule has 2 amide bonds. The average Bonchev–Trinajstić information content (AvgIpc) is 3.46. The minimum Gasteiger partial charge on any atom is -0.489 e. The Labute approximate surface area is 234 Å².